The number of Topliss-reactive ketones (excluding diaryl/α,β-unsaturated/α-hetero) is 1. The molecule has 0 saturated carbocycles. The van der Waals surface area contributed by atoms with Crippen molar-refractivity contribution in [2.45, 2.75) is 6.92 Å². The molecule has 0 saturated heterocycles. The van der Waals surface area contributed by atoms with Crippen LogP contribution in [0, 0.1) is 5.82 Å². The van der Waals surface area contributed by atoms with E-state index in [9.17, 15) is 9.18 Å². The van der Waals surface area contributed by atoms with Crippen LogP contribution in [0.2, 0.25) is 5.02 Å². The molecule has 14 heavy (non-hydrogen) atoms. The minimum Gasteiger partial charge on any atom is -0.293 e. The Bertz CT molecular complexity index is 341. The van der Waals surface area contributed by atoms with Gasteiger partial charge in [-0.1, -0.05) is 18.5 Å². The molecule has 0 N–H and O–H groups in total. The third-order valence-corrected chi connectivity index (χ3v) is 2.87. The van der Waals surface area contributed by atoms with E-state index >= 15 is 0 Å². The predicted octanol–water partition coefficient (Wildman–Crippen LogP) is 3.41. The van der Waals surface area contributed by atoms with E-state index in [1.807, 2.05) is 6.92 Å². The summed E-state index contributed by atoms with van der Waals surface area (Å²) in [4.78, 5) is 11.5. The van der Waals surface area contributed by atoms with Crippen LogP contribution in [0.1, 0.15) is 17.3 Å². The van der Waals surface area contributed by atoms with Gasteiger partial charge in [-0.3, -0.25) is 4.79 Å². The zero-order chi connectivity index (χ0) is 10.6. The van der Waals surface area contributed by atoms with Crippen LogP contribution in [0.5, 0.6) is 0 Å². The molecule has 1 aromatic carbocycles. The van der Waals surface area contributed by atoms with Gasteiger partial charge in [0.1, 0.15) is 5.82 Å². The van der Waals surface area contributed by atoms with Crippen LogP contribution < -0.4 is 0 Å². The highest BCUT2D eigenvalue weighted by molar-refractivity contribution is 7.99. The van der Waals surface area contributed by atoms with Crippen LogP contribution in [0.4, 0.5) is 4.39 Å². The van der Waals surface area contributed by atoms with Gasteiger partial charge in [0.2, 0.25) is 0 Å². The van der Waals surface area contributed by atoms with Crippen LogP contribution in [-0.4, -0.2) is 17.3 Å². The lowest BCUT2D eigenvalue weighted by atomic mass is 10.1. The van der Waals surface area contributed by atoms with Gasteiger partial charge in [0.25, 0.3) is 0 Å². The predicted molar refractivity (Wildman–Crippen MR) is 58.7 cm³/mol. The summed E-state index contributed by atoms with van der Waals surface area (Å²) in [7, 11) is 0. The minimum absolute atomic E-state index is 0.124. The second-order valence-corrected chi connectivity index (χ2v) is 4.37. The zero-order valence-corrected chi connectivity index (χ0v) is 9.29. The van der Waals surface area contributed by atoms with E-state index in [-0.39, 0.29) is 11.3 Å². The van der Waals surface area contributed by atoms with Gasteiger partial charge in [-0.2, -0.15) is 11.8 Å². The molecule has 0 amide bonds. The van der Waals surface area contributed by atoms with Gasteiger partial charge in [0, 0.05) is 5.56 Å². The van der Waals surface area contributed by atoms with E-state index in [1.54, 1.807) is 0 Å². The summed E-state index contributed by atoms with van der Waals surface area (Å²) in [6.07, 6.45) is 0. The van der Waals surface area contributed by atoms with Crippen molar-refractivity contribution in [1.29, 1.82) is 0 Å². The van der Waals surface area contributed by atoms with Gasteiger partial charge >= 0.3 is 0 Å². The first-order chi connectivity index (χ1) is 6.65. The maximum absolute atomic E-state index is 12.8. The molecular formula is C10H10ClFOS. The first-order valence-electron chi connectivity index (χ1n) is 4.21. The average molecular weight is 233 g/mol. The van der Waals surface area contributed by atoms with E-state index < -0.39 is 5.82 Å². The number of hydrogen-bond donors (Lipinski definition) is 0. The summed E-state index contributed by atoms with van der Waals surface area (Å²) in [6, 6.07) is 3.83. The number of halogens is 2. The number of benzene rings is 1. The van der Waals surface area contributed by atoms with E-state index in [0.717, 1.165) is 5.75 Å². The summed E-state index contributed by atoms with van der Waals surface area (Å²) >= 11 is 7.27. The first-order valence-corrected chi connectivity index (χ1v) is 5.74. The van der Waals surface area contributed by atoms with Gasteiger partial charge in [0.15, 0.2) is 5.78 Å². The third-order valence-electron chi connectivity index (χ3n) is 1.67. The Morgan fingerprint density at radius 3 is 2.93 bits per heavy atom. The lowest BCUT2D eigenvalue weighted by molar-refractivity contribution is 0.102. The molecule has 0 bridgehead atoms. The van der Waals surface area contributed by atoms with Gasteiger partial charge in [-0.15, -0.1) is 0 Å². The summed E-state index contributed by atoms with van der Waals surface area (Å²) in [5.41, 5.74) is 0.271. The minimum atomic E-state index is -0.431. The molecule has 76 valence electrons. The molecule has 0 aromatic heterocycles. The standard InChI is InChI=1S/C10H10ClFOS/c1-2-14-6-10(13)8-5-7(12)3-4-9(8)11/h3-5H,2,6H2,1H3. The van der Waals surface area contributed by atoms with Gasteiger partial charge in [-0.25, -0.2) is 4.39 Å². The molecule has 0 heterocycles. The Labute approximate surface area is 91.6 Å². The number of ketones is 1. The van der Waals surface area contributed by atoms with Gasteiger partial charge < -0.3 is 0 Å². The molecule has 0 unspecified atom stereocenters. The second-order valence-electron chi connectivity index (χ2n) is 2.68. The Morgan fingerprint density at radius 2 is 2.29 bits per heavy atom. The van der Waals surface area contributed by atoms with Crippen molar-refractivity contribution in [3.63, 3.8) is 0 Å². The fourth-order valence-electron chi connectivity index (χ4n) is 0.984. The van der Waals surface area contributed by atoms with E-state index in [1.165, 1.54) is 30.0 Å². The number of rotatable bonds is 4. The largest absolute Gasteiger partial charge is 0.293 e. The highest BCUT2D eigenvalue weighted by Crippen LogP contribution is 2.19. The Morgan fingerprint density at radius 1 is 1.57 bits per heavy atom. The molecule has 0 aliphatic heterocycles. The van der Waals surface area contributed by atoms with Crippen molar-refractivity contribution in [2.24, 2.45) is 0 Å². The Hall–Kier alpha value is -0.540. The lowest BCUT2D eigenvalue weighted by Gasteiger charge is -2.02. The molecule has 0 radical (unpaired) electrons. The van der Waals surface area contributed by atoms with Gasteiger partial charge in [0.05, 0.1) is 10.8 Å². The summed E-state index contributed by atoms with van der Waals surface area (Å²) < 4.78 is 12.8. The summed E-state index contributed by atoms with van der Waals surface area (Å²) in [6.45, 7) is 1.96. The quantitative estimate of drug-likeness (QED) is 0.740. The van der Waals surface area contributed by atoms with Crippen LogP contribution >= 0.6 is 23.4 Å². The van der Waals surface area contributed by atoms with Gasteiger partial charge in [-0.05, 0) is 24.0 Å². The monoisotopic (exact) mass is 232 g/mol. The van der Waals surface area contributed by atoms with Crippen LogP contribution in [-0.2, 0) is 0 Å². The molecule has 0 atom stereocenters. The first kappa shape index (κ1) is 11.5. The Kier molecular flexibility index (Phi) is 4.42. The number of thioether (sulfide) groups is 1. The second kappa shape index (κ2) is 5.37. The van der Waals surface area contributed by atoms with Crippen molar-refractivity contribution < 1.29 is 9.18 Å². The molecule has 1 nitrogen and oxygen atoms in total. The van der Waals surface area contributed by atoms with Crippen molar-refractivity contribution in [3.8, 4) is 0 Å². The molecule has 0 spiro atoms. The molecular weight excluding hydrogens is 223 g/mol. The zero-order valence-electron chi connectivity index (χ0n) is 7.72. The van der Waals surface area contributed by atoms with Crippen molar-refractivity contribution in [1.82, 2.24) is 0 Å². The lowest BCUT2D eigenvalue weighted by Crippen LogP contribution is -2.04. The smallest absolute Gasteiger partial charge is 0.174 e. The maximum Gasteiger partial charge on any atom is 0.174 e. The van der Waals surface area contributed by atoms with Crippen molar-refractivity contribution in [2.75, 3.05) is 11.5 Å². The fourth-order valence-corrected chi connectivity index (χ4v) is 1.75. The number of carbonyl (C=O) groups is 1. The molecule has 1 aromatic rings. The molecule has 0 aliphatic carbocycles. The molecule has 1 rings (SSSR count). The Balaban J connectivity index is 2.83. The van der Waals surface area contributed by atoms with E-state index in [0.29, 0.717) is 10.8 Å². The highest BCUT2D eigenvalue weighted by Gasteiger charge is 2.10. The third kappa shape index (κ3) is 3.00. The van der Waals surface area contributed by atoms with Crippen LogP contribution in [0.25, 0.3) is 0 Å². The average Bonchev–Trinajstić information content (AvgIpc) is 2.18. The molecule has 0 aliphatic rings. The number of hydrogen-bond acceptors (Lipinski definition) is 2. The van der Waals surface area contributed by atoms with Crippen LogP contribution in [0.15, 0.2) is 18.2 Å². The van der Waals surface area contributed by atoms with Crippen LogP contribution in [0.3, 0.4) is 0 Å². The summed E-state index contributed by atoms with van der Waals surface area (Å²) in [5.74, 6) is 0.652. The van der Waals surface area contributed by atoms with Crippen molar-refractivity contribution in [3.05, 3.63) is 34.6 Å². The summed E-state index contributed by atoms with van der Waals surface area (Å²) in [5, 5.41) is 0.313. The number of carbonyl (C=O) groups excluding carboxylic acids is 1. The molecule has 0 fully saturated rings. The highest BCUT2D eigenvalue weighted by atomic mass is 35.5. The van der Waals surface area contributed by atoms with E-state index in [2.05, 4.69) is 0 Å². The fraction of sp³-hybridized carbons (Fsp3) is 0.300. The van der Waals surface area contributed by atoms with Crippen molar-refractivity contribution >= 4 is 29.1 Å². The van der Waals surface area contributed by atoms with E-state index in [4.69, 9.17) is 11.6 Å². The molecule has 4 heteroatoms. The maximum atomic E-state index is 12.8. The normalized spacial score (nSPS) is 10.2. The topological polar surface area (TPSA) is 17.1 Å². The SMILES string of the molecule is CCSCC(=O)c1cc(F)ccc1Cl.